The average molecular weight is 369 g/mol. The van der Waals surface area contributed by atoms with Gasteiger partial charge in [-0.25, -0.2) is 4.98 Å². The monoisotopic (exact) mass is 369 g/mol. The number of aromatic amines is 1. The van der Waals surface area contributed by atoms with Crippen LogP contribution in [-0.2, 0) is 6.42 Å². The first-order chi connectivity index (χ1) is 12.6. The summed E-state index contributed by atoms with van der Waals surface area (Å²) in [5.74, 6) is 0.629. The molecule has 0 fully saturated rings. The van der Waals surface area contributed by atoms with E-state index in [4.69, 9.17) is 4.74 Å². The second-order valence-electron chi connectivity index (χ2n) is 6.29. The molecular formula is C19H19N3O3S. The van der Waals surface area contributed by atoms with Gasteiger partial charge in [-0.15, -0.1) is 0 Å². The number of aryl methyl sites for hydroxylation is 1. The fourth-order valence-electron chi connectivity index (χ4n) is 3.38. The molecule has 0 aliphatic heterocycles. The average Bonchev–Trinajstić information content (AvgIpc) is 3.16. The van der Waals surface area contributed by atoms with E-state index in [1.54, 1.807) is 0 Å². The van der Waals surface area contributed by atoms with Crippen LogP contribution in [0.2, 0.25) is 0 Å². The highest BCUT2D eigenvalue weighted by atomic mass is 32.1. The van der Waals surface area contributed by atoms with Gasteiger partial charge < -0.3 is 9.72 Å². The first-order valence-corrected chi connectivity index (χ1v) is 9.48. The lowest BCUT2D eigenvalue weighted by molar-refractivity contribution is 0.0971. The van der Waals surface area contributed by atoms with Crippen molar-refractivity contribution in [1.29, 1.82) is 0 Å². The summed E-state index contributed by atoms with van der Waals surface area (Å²) in [6.45, 7) is 4.36. The number of benzene rings is 1. The third kappa shape index (κ3) is 2.88. The van der Waals surface area contributed by atoms with Crippen molar-refractivity contribution in [2.75, 3.05) is 11.9 Å². The summed E-state index contributed by atoms with van der Waals surface area (Å²) in [5, 5.41) is 3.37. The van der Waals surface area contributed by atoms with Crippen molar-refractivity contribution in [3.63, 3.8) is 0 Å². The molecule has 0 spiro atoms. The van der Waals surface area contributed by atoms with Gasteiger partial charge in [-0.3, -0.25) is 14.9 Å². The molecule has 0 saturated carbocycles. The number of Topliss-reactive ketones (excluding diaryl/α,β-unsaturated/α-hetero) is 1. The van der Waals surface area contributed by atoms with Crippen molar-refractivity contribution in [1.82, 2.24) is 9.97 Å². The van der Waals surface area contributed by atoms with Gasteiger partial charge in [0, 0.05) is 17.7 Å². The van der Waals surface area contributed by atoms with Crippen LogP contribution in [0.5, 0.6) is 5.75 Å². The maximum atomic E-state index is 12.7. The van der Waals surface area contributed by atoms with Crippen LogP contribution in [-0.4, -0.2) is 28.3 Å². The molecule has 4 rings (SSSR count). The molecule has 26 heavy (non-hydrogen) atoms. The van der Waals surface area contributed by atoms with E-state index in [1.165, 1.54) is 11.3 Å². The summed E-state index contributed by atoms with van der Waals surface area (Å²) in [6.07, 6.45) is 2.18. The smallest absolute Gasteiger partial charge is 0.274 e. The van der Waals surface area contributed by atoms with Gasteiger partial charge in [0.1, 0.15) is 11.4 Å². The molecular weight excluding hydrogens is 350 g/mol. The topological polar surface area (TPSA) is 84.1 Å². The molecule has 7 heteroatoms. The number of rotatable bonds is 4. The fraction of sp³-hybridized carbons (Fsp3) is 0.316. The Bertz CT molecular complexity index is 1020. The number of ether oxygens (including phenoxy) is 1. The van der Waals surface area contributed by atoms with Crippen LogP contribution >= 0.6 is 11.3 Å². The Morgan fingerprint density at radius 1 is 1.38 bits per heavy atom. The summed E-state index contributed by atoms with van der Waals surface area (Å²) >= 11 is 1.40. The van der Waals surface area contributed by atoms with Crippen LogP contribution in [0.15, 0.2) is 18.2 Å². The van der Waals surface area contributed by atoms with Crippen molar-refractivity contribution >= 4 is 38.4 Å². The summed E-state index contributed by atoms with van der Waals surface area (Å²) in [6, 6.07) is 5.67. The number of nitrogens with one attached hydrogen (secondary N) is 2. The Morgan fingerprint density at radius 2 is 2.23 bits per heavy atom. The lowest BCUT2D eigenvalue weighted by Crippen LogP contribution is -2.13. The lowest BCUT2D eigenvalue weighted by Gasteiger charge is -2.09. The van der Waals surface area contributed by atoms with Gasteiger partial charge in [0.25, 0.3) is 5.91 Å². The van der Waals surface area contributed by atoms with E-state index < -0.39 is 0 Å². The number of H-pyrrole nitrogens is 1. The highest BCUT2D eigenvalue weighted by Gasteiger charge is 2.26. The molecule has 6 nitrogen and oxygen atoms in total. The second kappa shape index (κ2) is 6.57. The third-order valence-corrected chi connectivity index (χ3v) is 5.49. The molecule has 2 N–H and O–H groups in total. The fourth-order valence-corrected chi connectivity index (χ4v) is 4.27. The van der Waals surface area contributed by atoms with Crippen LogP contribution in [0, 0.1) is 6.92 Å². The number of carbonyl (C=O) groups is 2. The van der Waals surface area contributed by atoms with E-state index in [1.807, 2.05) is 32.0 Å². The van der Waals surface area contributed by atoms with Crippen LogP contribution < -0.4 is 10.1 Å². The molecule has 1 aliphatic carbocycles. The van der Waals surface area contributed by atoms with Crippen LogP contribution in [0.1, 0.15) is 51.9 Å². The predicted molar refractivity (Wildman–Crippen MR) is 102 cm³/mol. The quantitative estimate of drug-likeness (QED) is 0.725. The number of aromatic nitrogens is 2. The molecule has 0 radical (unpaired) electrons. The SMILES string of the molecule is CCOc1ccc2nc(NC(=O)c3[nH]c4c(c3C)C(=O)CCC4)sc2c1. The molecule has 0 saturated heterocycles. The standard InChI is InChI=1S/C19H19N3O3S/c1-3-25-11-7-8-12-15(9-11)26-19(21-12)22-18(24)17-10(2)16-13(20-17)5-4-6-14(16)23/h7-9,20H,3-6H2,1-2H3,(H,21,22,24). The number of ketones is 1. The Kier molecular flexibility index (Phi) is 4.24. The Hall–Kier alpha value is -2.67. The highest BCUT2D eigenvalue weighted by molar-refractivity contribution is 7.22. The van der Waals surface area contributed by atoms with Crippen molar-refractivity contribution in [2.45, 2.75) is 33.1 Å². The molecule has 2 heterocycles. The molecule has 3 aromatic rings. The van der Waals surface area contributed by atoms with Crippen molar-refractivity contribution in [2.24, 2.45) is 0 Å². The van der Waals surface area contributed by atoms with Crippen molar-refractivity contribution < 1.29 is 14.3 Å². The van der Waals surface area contributed by atoms with E-state index >= 15 is 0 Å². The van der Waals surface area contributed by atoms with Crippen molar-refractivity contribution in [3.05, 3.63) is 40.7 Å². The summed E-state index contributed by atoms with van der Waals surface area (Å²) in [5.41, 5.74) is 3.54. The summed E-state index contributed by atoms with van der Waals surface area (Å²) in [7, 11) is 0. The number of hydrogen-bond acceptors (Lipinski definition) is 5. The van der Waals surface area contributed by atoms with E-state index in [2.05, 4.69) is 15.3 Å². The summed E-state index contributed by atoms with van der Waals surface area (Å²) < 4.78 is 6.45. The molecule has 1 aromatic carbocycles. The van der Waals surface area contributed by atoms with E-state index in [0.717, 1.165) is 40.1 Å². The number of amides is 1. The summed E-state index contributed by atoms with van der Waals surface area (Å²) in [4.78, 5) is 32.4. The molecule has 0 bridgehead atoms. The van der Waals surface area contributed by atoms with Gasteiger partial charge in [-0.2, -0.15) is 0 Å². The van der Waals surface area contributed by atoms with Gasteiger partial charge in [-0.1, -0.05) is 11.3 Å². The number of thiazole rings is 1. The maximum absolute atomic E-state index is 12.7. The van der Waals surface area contributed by atoms with Gasteiger partial charge in [0.05, 0.1) is 16.8 Å². The largest absolute Gasteiger partial charge is 0.494 e. The third-order valence-electron chi connectivity index (χ3n) is 4.56. The first kappa shape index (κ1) is 16.8. The van der Waals surface area contributed by atoms with Crippen LogP contribution in [0.4, 0.5) is 5.13 Å². The van der Waals surface area contributed by atoms with Crippen LogP contribution in [0.3, 0.4) is 0 Å². The Labute approximate surface area is 154 Å². The predicted octanol–water partition coefficient (Wildman–Crippen LogP) is 4.10. The number of fused-ring (bicyclic) bond motifs is 2. The number of anilines is 1. The van der Waals surface area contributed by atoms with Crippen LogP contribution in [0.25, 0.3) is 10.2 Å². The minimum Gasteiger partial charge on any atom is -0.494 e. The molecule has 134 valence electrons. The zero-order chi connectivity index (χ0) is 18.3. The zero-order valence-corrected chi connectivity index (χ0v) is 15.5. The normalized spacial score (nSPS) is 13.7. The van der Waals surface area contributed by atoms with Gasteiger partial charge in [-0.05, 0) is 50.5 Å². The lowest BCUT2D eigenvalue weighted by atomic mass is 9.94. The highest BCUT2D eigenvalue weighted by Crippen LogP contribution is 2.31. The molecule has 1 amide bonds. The minimum absolute atomic E-state index is 0.113. The Balaban J connectivity index is 1.60. The van der Waals surface area contributed by atoms with Gasteiger partial charge in [0.15, 0.2) is 10.9 Å². The van der Waals surface area contributed by atoms with E-state index in [0.29, 0.717) is 29.4 Å². The number of hydrogen-bond donors (Lipinski definition) is 2. The molecule has 0 unspecified atom stereocenters. The van der Waals surface area contributed by atoms with E-state index in [-0.39, 0.29) is 11.7 Å². The first-order valence-electron chi connectivity index (χ1n) is 8.66. The zero-order valence-electron chi connectivity index (χ0n) is 14.6. The Morgan fingerprint density at radius 3 is 3.00 bits per heavy atom. The minimum atomic E-state index is -0.270. The maximum Gasteiger partial charge on any atom is 0.274 e. The molecule has 1 aliphatic rings. The van der Waals surface area contributed by atoms with E-state index in [9.17, 15) is 9.59 Å². The number of nitrogens with zero attached hydrogens (tertiary/aromatic N) is 1. The molecule has 2 aromatic heterocycles. The van der Waals surface area contributed by atoms with Gasteiger partial charge in [0.2, 0.25) is 0 Å². The second-order valence-corrected chi connectivity index (χ2v) is 7.32. The van der Waals surface area contributed by atoms with Crippen molar-refractivity contribution in [3.8, 4) is 5.75 Å². The molecule has 0 atom stereocenters. The number of carbonyl (C=O) groups excluding carboxylic acids is 2. The van der Waals surface area contributed by atoms with Gasteiger partial charge >= 0.3 is 0 Å².